The fourth-order valence-electron chi connectivity index (χ4n) is 3.18. The third kappa shape index (κ3) is 4.60. The summed E-state index contributed by atoms with van der Waals surface area (Å²) in [5.41, 5.74) is 4.24. The van der Waals surface area contributed by atoms with Gasteiger partial charge in [-0.1, -0.05) is 30.3 Å². The van der Waals surface area contributed by atoms with Crippen molar-refractivity contribution >= 4 is 40.6 Å². The Kier molecular flexibility index (Phi) is 5.53. The molecule has 0 radical (unpaired) electrons. The Morgan fingerprint density at radius 1 is 1.07 bits per heavy atom. The van der Waals surface area contributed by atoms with E-state index in [0.29, 0.717) is 17.0 Å². The van der Waals surface area contributed by atoms with Crippen molar-refractivity contribution in [1.29, 1.82) is 0 Å². The number of hydrogen-bond donors (Lipinski definition) is 2. The molecule has 4 rings (SSSR count). The number of carbonyl (C=O) groups excluding carboxylic acids is 2. The molecule has 0 saturated carbocycles. The van der Waals surface area contributed by atoms with Gasteiger partial charge in [-0.05, 0) is 48.0 Å². The lowest BCUT2D eigenvalue weighted by molar-refractivity contribution is -0.113. The van der Waals surface area contributed by atoms with E-state index < -0.39 is 0 Å². The van der Waals surface area contributed by atoms with Crippen LogP contribution in [0.4, 0.5) is 17.1 Å². The Labute approximate surface area is 174 Å². The molecule has 1 aliphatic rings. The maximum atomic E-state index is 12.6. The van der Waals surface area contributed by atoms with E-state index in [0.717, 1.165) is 22.8 Å². The fourth-order valence-corrected chi connectivity index (χ4v) is 3.96. The number of nitrogens with zero attached hydrogens (tertiary/aromatic N) is 1. The zero-order valence-corrected chi connectivity index (χ0v) is 16.8. The molecular formula is C23H21N3O2S. The SMILES string of the molecule is CN(Cc1ccccc1)c1ccc(NC(=O)c2ccc3c(c2)NC(=O)CS3)cc1. The molecule has 3 aromatic carbocycles. The van der Waals surface area contributed by atoms with Crippen LogP contribution < -0.4 is 15.5 Å². The number of rotatable bonds is 5. The summed E-state index contributed by atoms with van der Waals surface area (Å²) in [6.07, 6.45) is 0. The van der Waals surface area contributed by atoms with Crippen LogP contribution >= 0.6 is 11.8 Å². The maximum absolute atomic E-state index is 12.6. The van der Waals surface area contributed by atoms with Gasteiger partial charge in [0.1, 0.15) is 0 Å². The summed E-state index contributed by atoms with van der Waals surface area (Å²) < 4.78 is 0. The molecular weight excluding hydrogens is 382 g/mol. The number of anilines is 3. The molecule has 0 saturated heterocycles. The first kappa shape index (κ1) is 19.1. The fraction of sp³-hybridized carbons (Fsp3) is 0.130. The summed E-state index contributed by atoms with van der Waals surface area (Å²) in [6.45, 7) is 0.811. The molecule has 3 aromatic rings. The summed E-state index contributed by atoms with van der Waals surface area (Å²) in [7, 11) is 2.04. The lowest BCUT2D eigenvalue weighted by atomic mass is 10.1. The lowest BCUT2D eigenvalue weighted by Gasteiger charge is -2.20. The van der Waals surface area contributed by atoms with Crippen molar-refractivity contribution in [3.63, 3.8) is 0 Å². The number of fused-ring (bicyclic) bond motifs is 1. The second-order valence-corrected chi connectivity index (χ2v) is 7.91. The summed E-state index contributed by atoms with van der Waals surface area (Å²) >= 11 is 1.48. The van der Waals surface area contributed by atoms with Crippen LogP contribution in [0.5, 0.6) is 0 Å². The largest absolute Gasteiger partial charge is 0.370 e. The minimum atomic E-state index is -0.206. The number of nitrogens with one attached hydrogen (secondary N) is 2. The van der Waals surface area contributed by atoms with Crippen LogP contribution in [0.2, 0.25) is 0 Å². The van der Waals surface area contributed by atoms with Gasteiger partial charge >= 0.3 is 0 Å². The average Bonchev–Trinajstić information content (AvgIpc) is 2.74. The Hall–Kier alpha value is -3.25. The first-order valence-corrected chi connectivity index (χ1v) is 10.3. The molecule has 6 heteroatoms. The number of thioether (sulfide) groups is 1. The van der Waals surface area contributed by atoms with Gasteiger partial charge in [0, 0.05) is 35.4 Å². The van der Waals surface area contributed by atoms with E-state index in [9.17, 15) is 9.59 Å². The second-order valence-electron chi connectivity index (χ2n) is 6.89. The predicted molar refractivity (Wildman–Crippen MR) is 119 cm³/mol. The zero-order chi connectivity index (χ0) is 20.2. The Morgan fingerprint density at radius 3 is 2.59 bits per heavy atom. The molecule has 1 heterocycles. The summed E-state index contributed by atoms with van der Waals surface area (Å²) in [5.74, 6) is 0.155. The van der Waals surface area contributed by atoms with E-state index in [-0.39, 0.29) is 11.8 Å². The minimum Gasteiger partial charge on any atom is -0.370 e. The highest BCUT2D eigenvalue weighted by molar-refractivity contribution is 8.00. The summed E-state index contributed by atoms with van der Waals surface area (Å²) in [4.78, 5) is 27.3. The molecule has 0 aromatic heterocycles. The highest BCUT2D eigenvalue weighted by atomic mass is 32.2. The molecule has 0 spiro atoms. The molecule has 2 N–H and O–H groups in total. The van der Waals surface area contributed by atoms with Crippen molar-refractivity contribution in [2.45, 2.75) is 11.4 Å². The number of amides is 2. The highest BCUT2D eigenvalue weighted by Crippen LogP contribution is 2.32. The van der Waals surface area contributed by atoms with Gasteiger partial charge in [-0.25, -0.2) is 0 Å². The van der Waals surface area contributed by atoms with Gasteiger partial charge in [-0.2, -0.15) is 0 Å². The molecule has 29 heavy (non-hydrogen) atoms. The smallest absolute Gasteiger partial charge is 0.255 e. The average molecular weight is 404 g/mol. The van der Waals surface area contributed by atoms with Crippen LogP contribution in [0.3, 0.4) is 0 Å². The van der Waals surface area contributed by atoms with Crippen LogP contribution in [0.15, 0.2) is 77.7 Å². The van der Waals surface area contributed by atoms with Crippen molar-refractivity contribution in [1.82, 2.24) is 0 Å². The highest BCUT2D eigenvalue weighted by Gasteiger charge is 2.17. The van der Waals surface area contributed by atoms with Crippen molar-refractivity contribution in [3.05, 3.63) is 83.9 Å². The van der Waals surface area contributed by atoms with E-state index in [4.69, 9.17) is 0 Å². The number of carbonyl (C=O) groups is 2. The molecule has 5 nitrogen and oxygen atoms in total. The van der Waals surface area contributed by atoms with Crippen molar-refractivity contribution in [3.8, 4) is 0 Å². The van der Waals surface area contributed by atoms with Gasteiger partial charge < -0.3 is 15.5 Å². The van der Waals surface area contributed by atoms with Crippen LogP contribution in [0.1, 0.15) is 15.9 Å². The first-order chi connectivity index (χ1) is 14.1. The number of hydrogen-bond acceptors (Lipinski definition) is 4. The van der Waals surface area contributed by atoms with Gasteiger partial charge in [0.15, 0.2) is 0 Å². The van der Waals surface area contributed by atoms with Crippen LogP contribution in [0, 0.1) is 0 Å². The van der Waals surface area contributed by atoms with Crippen molar-refractivity contribution in [2.75, 3.05) is 28.3 Å². The Bertz CT molecular complexity index is 1040. The standard InChI is InChI=1S/C23H21N3O2S/c1-26(14-16-5-3-2-4-6-16)19-10-8-18(9-11-19)24-23(28)17-7-12-21-20(13-17)25-22(27)15-29-21/h2-13H,14-15H2,1H3,(H,24,28)(H,25,27). The van der Waals surface area contributed by atoms with Crippen molar-refractivity contribution < 1.29 is 9.59 Å². The van der Waals surface area contributed by atoms with Gasteiger partial charge in [-0.3, -0.25) is 9.59 Å². The Morgan fingerprint density at radius 2 is 1.83 bits per heavy atom. The Balaban J connectivity index is 1.41. The minimum absolute atomic E-state index is 0.0460. The molecule has 2 amide bonds. The molecule has 1 aliphatic heterocycles. The molecule has 0 atom stereocenters. The van der Waals surface area contributed by atoms with Gasteiger partial charge in [0.2, 0.25) is 5.91 Å². The zero-order valence-electron chi connectivity index (χ0n) is 16.0. The van der Waals surface area contributed by atoms with Gasteiger partial charge in [0.25, 0.3) is 5.91 Å². The van der Waals surface area contributed by atoms with E-state index in [1.807, 2.05) is 55.6 Å². The van der Waals surface area contributed by atoms with Crippen LogP contribution in [-0.4, -0.2) is 24.6 Å². The summed E-state index contributed by atoms with van der Waals surface area (Å²) in [5, 5.41) is 5.73. The quantitative estimate of drug-likeness (QED) is 0.653. The van der Waals surface area contributed by atoms with E-state index in [1.165, 1.54) is 17.3 Å². The summed E-state index contributed by atoms with van der Waals surface area (Å²) in [6, 6.07) is 23.4. The molecule has 0 unspecified atom stereocenters. The predicted octanol–water partition coefficient (Wildman–Crippen LogP) is 4.62. The molecule has 0 bridgehead atoms. The number of benzene rings is 3. The maximum Gasteiger partial charge on any atom is 0.255 e. The van der Waals surface area contributed by atoms with E-state index >= 15 is 0 Å². The van der Waals surface area contributed by atoms with Crippen LogP contribution in [0.25, 0.3) is 0 Å². The van der Waals surface area contributed by atoms with E-state index in [2.05, 4.69) is 27.7 Å². The molecule has 0 aliphatic carbocycles. The lowest BCUT2D eigenvalue weighted by Crippen LogP contribution is -2.20. The van der Waals surface area contributed by atoms with Crippen LogP contribution in [-0.2, 0) is 11.3 Å². The molecule has 0 fully saturated rings. The third-order valence-corrected chi connectivity index (χ3v) is 5.78. The van der Waals surface area contributed by atoms with Crippen molar-refractivity contribution in [2.24, 2.45) is 0 Å². The third-order valence-electron chi connectivity index (χ3n) is 4.70. The normalized spacial score (nSPS) is 12.7. The van der Waals surface area contributed by atoms with Gasteiger partial charge in [-0.15, -0.1) is 11.8 Å². The monoisotopic (exact) mass is 403 g/mol. The van der Waals surface area contributed by atoms with E-state index in [1.54, 1.807) is 12.1 Å². The van der Waals surface area contributed by atoms with Gasteiger partial charge in [0.05, 0.1) is 11.4 Å². The second kappa shape index (κ2) is 8.41. The molecule has 146 valence electrons. The topological polar surface area (TPSA) is 61.4 Å². The first-order valence-electron chi connectivity index (χ1n) is 9.32.